The SMILES string of the molecule is CCCCCCCC(CCCCO)C(C)(C)c1ccccc1. The molecule has 0 fully saturated rings. The quantitative estimate of drug-likeness (QED) is 0.462. The van der Waals surface area contributed by atoms with E-state index in [9.17, 15) is 0 Å². The lowest BCUT2D eigenvalue weighted by molar-refractivity contribution is 0.241. The van der Waals surface area contributed by atoms with Crippen molar-refractivity contribution in [3.8, 4) is 0 Å². The minimum absolute atomic E-state index is 0.224. The van der Waals surface area contributed by atoms with Gasteiger partial charge in [0.25, 0.3) is 0 Å². The summed E-state index contributed by atoms with van der Waals surface area (Å²) in [4.78, 5) is 0. The van der Waals surface area contributed by atoms with E-state index in [0.29, 0.717) is 12.5 Å². The molecule has 1 unspecified atom stereocenters. The Hall–Kier alpha value is -0.820. The summed E-state index contributed by atoms with van der Waals surface area (Å²) >= 11 is 0. The third-order valence-corrected chi connectivity index (χ3v) is 5.16. The maximum atomic E-state index is 9.07. The highest BCUT2D eigenvalue weighted by molar-refractivity contribution is 5.24. The highest BCUT2D eigenvalue weighted by atomic mass is 16.2. The molecule has 0 saturated heterocycles. The Morgan fingerprint density at radius 2 is 1.45 bits per heavy atom. The van der Waals surface area contributed by atoms with Crippen molar-refractivity contribution in [1.82, 2.24) is 0 Å². The lowest BCUT2D eigenvalue weighted by Gasteiger charge is -2.35. The fraction of sp³-hybridized carbons (Fsp3) is 0.714. The molecule has 0 amide bonds. The third kappa shape index (κ3) is 6.52. The number of unbranched alkanes of at least 4 members (excludes halogenated alkanes) is 5. The molecule has 0 aliphatic rings. The zero-order chi connectivity index (χ0) is 16.3. The highest BCUT2D eigenvalue weighted by Crippen LogP contribution is 2.38. The molecule has 0 saturated carbocycles. The van der Waals surface area contributed by atoms with Gasteiger partial charge >= 0.3 is 0 Å². The number of hydrogen-bond donors (Lipinski definition) is 1. The van der Waals surface area contributed by atoms with Gasteiger partial charge in [-0.15, -0.1) is 0 Å². The summed E-state index contributed by atoms with van der Waals surface area (Å²) in [6.45, 7) is 7.40. The topological polar surface area (TPSA) is 20.2 Å². The first-order valence-electron chi connectivity index (χ1n) is 9.29. The Labute approximate surface area is 138 Å². The first-order chi connectivity index (χ1) is 10.6. The highest BCUT2D eigenvalue weighted by Gasteiger charge is 2.30. The summed E-state index contributed by atoms with van der Waals surface area (Å²) in [5, 5.41) is 9.07. The Morgan fingerprint density at radius 1 is 0.864 bits per heavy atom. The van der Waals surface area contributed by atoms with Crippen molar-refractivity contribution in [2.24, 2.45) is 5.92 Å². The van der Waals surface area contributed by atoms with Crippen LogP contribution in [0.1, 0.15) is 84.1 Å². The lowest BCUT2D eigenvalue weighted by atomic mass is 9.69. The number of rotatable bonds is 12. The van der Waals surface area contributed by atoms with Gasteiger partial charge in [-0.25, -0.2) is 0 Å². The predicted octanol–water partition coefficient (Wildman–Crippen LogP) is 6.10. The van der Waals surface area contributed by atoms with Gasteiger partial charge in [-0.05, 0) is 36.2 Å². The second kappa shape index (κ2) is 10.8. The molecule has 0 spiro atoms. The van der Waals surface area contributed by atoms with Crippen LogP contribution in [-0.2, 0) is 5.41 Å². The van der Waals surface area contributed by atoms with Gasteiger partial charge < -0.3 is 5.11 Å². The van der Waals surface area contributed by atoms with E-state index >= 15 is 0 Å². The van der Waals surface area contributed by atoms with Gasteiger partial charge in [-0.3, -0.25) is 0 Å². The van der Waals surface area contributed by atoms with Crippen LogP contribution in [-0.4, -0.2) is 11.7 Å². The molecule has 1 aromatic carbocycles. The minimum atomic E-state index is 0.224. The van der Waals surface area contributed by atoms with Crippen molar-refractivity contribution in [3.63, 3.8) is 0 Å². The Kier molecular flexibility index (Phi) is 9.47. The van der Waals surface area contributed by atoms with Gasteiger partial charge in [0, 0.05) is 6.61 Å². The first kappa shape index (κ1) is 19.2. The summed E-state index contributed by atoms with van der Waals surface area (Å²) in [7, 11) is 0. The summed E-state index contributed by atoms with van der Waals surface area (Å²) in [6, 6.07) is 11.0. The van der Waals surface area contributed by atoms with Crippen LogP contribution in [0.4, 0.5) is 0 Å². The van der Waals surface area contributed by atoms with E-state index in [0.717, 1.165) is 12.8 Å². The maximum absolute atomic E-state index is 9.07. The molecule has 1 aromatic rings. The fourth-order valence-corrected chi connectivity index (χ4v) is 3.47. The van der Waals surface area contributed by atoms with E-state index in [4.69, 9.17) is 5.11 Å². The molecule has 126 valence electrons. The van der Waals surface area contributed by atoms with Gasteiger partial charge in [0.05, 0.1) is 0 Å². The van der Waals surface area contributed by atoms with Crippen molar-refractivity contribution >= 4 is 0 Å². The maximum Gasteiger partial charge on any atom is 0.0431 e. The van der Waals surface area contributed by atoms with E-state index < -0.39 is 0 Å². The van der Waals surface area contributed by atoms with Gasteiger partial charge in [-0.2, -0.15) is 0 Å². The van der Waals surface area contributed by atoms with Crippen LogP contribution < -0.4 is 0 Å². The number of hydrogen-bond acceptors (Lipinski definition) is 1. The van der Waals surface area contributed by atoms with Crippen LogP contribution in [0.5, 0.6) is 0 Å². The molecule has 1 N–H and O–H groups in total. The third-order valence-electron chi connectivity index (χ3n) is 5.16. The molecule has 1 atom stereocenters. The second-order valence-electron chi connectivity index (χ2n) is 7.21. The predicted molar refractivity (Wildman–Crippen MR) is 97.3 cm³/mol. The normalized spacial score (nSPS) is 13.3. The van der Waals surface area contributed by atoms with Gasteiger partial charge in [0.2, 0.25) is 0 Å². The van der Waals surface area contributed by atoms with E-state index in [1.165, 1.54) is 50.5 Å². The van der Waals surface area contributed by atoms with Crippen molar-refractivity contribution < 1.29 is 5.11 Å². The number of aliphatic hydroxyl groups is 1. The molecule has 1 nitrogen and oxygen atoms in total. The molecular weight excluding hydrogens is 268 g/mol. The zero-order valence-corrected chi connectivity index (χ0v) is 15.0. The van der Waals surface area contributed by atoms with Crippen molar-refractivity contribution in [2.75, 3.05) is 6.61 Å². The van der Waals surface area contributed by atoms with Crippen LogP contribution in [0, 0.1) is 5.92 Å². The molecule has 0 aliphatic carbocycles. The van der Waals surface area contributed by atoms with Gasteiger partial charge in [0.15, 0.2) is 0 Å². The molecule has 1 rings (SSSR count). The molecule has 0 radical (unpaired) electrons. The molecule has 22 heavy (non-hydrogen) atoms. The average molecular weight is 305 g/mol. The molecule has 0 aromatic heterocycles. The van der Waals surface area contributed by atoms with Crippen LogP contribution in [0.2, 0.25) is 0 Å². The zero-order valence-electron chi connectivity index (χ0n) is 15.0. The second-order valence-corrected chi connectivity index (χ2v) is 7.21. The Balaban J connectivity index is 2.62. The average Bonchev–Trinajstić information content (AvgIpc) is 2.54. The molecular formula is C21H36O. The van der Waals surface area contributed by atoms with Crippen LogP contribution in [0.15, 0.2) is 30.3 Å². The smallest absolute Gasteiger partial charge is 0.0431 e. The number of aliphatic hydroxyl groups excluding tert-OH is 1. The van der Waals surface area contributed by atoms with Gasteiger partial charge in [0.1, 0.15) is 0 Å². The van der Waals surface area contributed by atoms with E-state index in [2.05, 4.69) is 51.1 Å². The van der Waals surface area contributed by atoms with E-state index in [1.54, 1.807) is 0 Å². The lowest BCUT2D eigenvalue weighted by Crippen LogP contribution is -2.29. The van der Waals surface area contributed by atoms with Crippen LogP contribution in [0.25, 0.3) is 0 Å². The molecule has 0 bridgehead atoms. The Bertz CT molecular complexity index is 369. The monoisotopic (exact) mass is 304 g/mol. The first-order valence-corrected chi connectivity index (χ1v) is 9.29. The van der Waals surface area contributed by atoms with Crippen molar-refractivity contribution in [1.29, 1.82) is 0 Å². The van der Waals surface area contributed by atoms with Crippen LogP contribution >= 0.6 is 0 Å². The fourth-order valence-electron chi connectivity index (χ4n) is 3.47. The Morgan fingerprint density at radius 3 is 2.05 bits per heavy atom. The van der Waals surface area contributed by atoms with E-state index in [-0.39, 0.29) is 5.41 Å². The number of benzene rings is 1. The van der Waals surface area contributed by atoms with E-state index in [1.807, 2.05) is 0 Å². The van der Waals surface area contributed by atoms with Crippen molar-refractivity contribution in [3.05, 3.63) is 35.9 Å². The standard InChI is InChI=1S/C21H36O/c1-4-5-6-7-9-14-20(17-12-13-18-22)21(2,3)19-15-10-8-11-16-19/h8,10-11,15-16,20,22H,4-7,9,12-14,17-18H2,1-3H3. The summed E-state index contributed by atoms with van der Waals surface area (Å²) in [5.41, 5.74) is 1.68. The van der Waals surface area contributed by atoms with Crippen LogP contribution in [0.3, 0.4) is 0 Å². The van der Waals surface area contributed by atoms with Gasteiger partial charge in [-0.1, -0.05) is 89.6 Å². The summed E-state index contributed by atoms with van der Waals surface area (Å²) < 4.78 is 0. The molecule has 1 heteroatoms. The summed E-state index contributed by atoms with van der Waals surface area (Å²) in [5.74, 6) is 0.711. The largest absolute Gasteiger partial charge is 0.396 e. The summed E-state index contributed by atoms with van der Waals surface area (Å²) in [6.07, 6.45) is 11.4. The molecule has 0 aliphatic heterocycles. The van der Waals surface area contributed by atoms with Crippen molar-refractivity contribution in [2.45, 2.75) is 84.0 Å². The molecule has 0 heterocycles. The minimum Gasteiger partial charge on any atom is -0.396 e.